The van der Waals surface area contributed by atoms with Crippen molar-refractivity contribution in [2.24, 2.45) is 5.92 Å². The van der Waals surface area contributed by atoms with Gasteiger partial charge in [-0.15, -0.1) is 0 Å². The lowest BCUT2D eigenvalue weighted by Crippen LogP contribution is -2.38. The van der Waals surface area contributed by atoms with E-state index in [0.29, 0.717) is 11.4 Å². The van der Waals surface area contributed by atoms with Gasteiger partial charge in [-0.3, -0.25) is 15.0 Å². The molecule has 24 heavy (non-hydrogen) atoms. The molecule has 1 aliphatic rings. The Hall–Kier alpha value is -3.21. The van der Waals surface area contributed by atoms with Crippen LogP contribution in [-0.2, 0) is 11.2 Å². The lowest BCUT2D eigenvalue weighted by Gasteiger charge is -2.10. The minimum atomic E-state index is -0.600. The molecule has 3 heterocycles. The fourth-order valence-electron chi connectivity index (χ4n) is 2.50. The van der Waals surface area contributed by atoms with Crippen LogP contribution in [0.1, 0.15) is 19.4 Å². The highest BCUT2D eigenvalue weighted by atomic mass is 16.2. The number of nitrogens with zero attached hydrogens (tertiary/aromatic N) is 4. The van der Waals surface area contributed by atoms with Crippen molar-refractivity contribution < 1.29 is 9.59 Å². The largest absolute Gasteiger partial charge is 0.347 e. The maximum absolute atomic E-state index is 12.2. The minimum Gasteiger partial charge on any atom is -0.310 e. The minimum absolute atomic E-state index is 0.00189. The second-order valence-electron chi connectivity index (χ2n) is 5.85. The SMILES string of the molecule is [C-]#[N+][C@@H](NC(=O)n1cc(-c2ccnc3c2CC(=O)N3)cn1)C(C)C. The number of hydrogen-bond donors (Lipinski definition) is 2. The van der Waals surface area contributed by atoms with Gasteiger partial charge in [0.05, 0.1) is 12.6 Å². The predicted molar refractivity (Wildman–Crippen MR) is 86.9 cm³/mol. The second-order valence-corrected chi connectivity index (χ2v) is 5.85. The Morgan fingerprint density at radius 3 is 3.00 bits per heavy atom. The van der Waals surface area contributed by atoms with Gasteiger partial charge in [0.15, 0.2) is 0 Å². The molecule has 0 unspecified atom stereocenters. The highest BCUT2D eigenvalue weighted by Crippen LogP contribution is 2.31. The van der Waals surface area contributed by atoms with Crippen molar-refractivity contribution in [2.45, 2.75) is 26.4 Å². The van der Waals surface area contributed by atoms with Gasteiger partial charge < -0.3 is 5.32 Å². The molecule has 2 amide bonds. The van der Waals surface area contributed by atoms with E-state index in [1.165, 1.54) is 0 Å². The fraction of sp³-hybridized carbons (Fsp3) is 0.312. The molecule has 0 saturated carbocycles. The number of fused-ring (bicyclic) bond motifs is 1. The van der Waals surface area contributed by atoms with E-state index in [9.17, 15) is 9.59 Å². The van der Waals surface area contributed by atoms with Crippen molar-refractivity contribution in [3.8, 4) is 11.1 Å². The van der Waals surface area contributed by atoms with Crippen LogP contribution in [0.25, 0.3) is 16.0 Å². The van der Waals surface area contributed by atoms with Crippen molar-refractivity contribution >= 4 is 17.8 Å². The number of hydrogen-bond acceptors (Lipinski definition) is 4. The van der Waals surface area contributed by atoms with Crippen LogP contribution in [0.4, 0.5) is 10.6 Å². The lowest BCUT2D eigenvalue weighted by molar-refractivity contribution is -0.115. The molecule has 0 radical (unpaired) electrons. The van der Waals surface area contributed by atoms with Crippen molar-refractivity contribution in [3.63, 3.8) is 0 Å². The number of carbonyl (C=O) groups is 2. The standard InChI is InChI=1S/C16H16N6O2/c1-9(2)14(17-3)21-16(24)22-8-10(7-19-22)11-4-5-18-15-12(11)6-13(23)20-15/h4-5,7-9,14H,6H2,1-2H3,(H,21,24)(H,18,20,23)/t14-/m0/s1. The highest BCUT2D eigenvalue weighted by molar-refractivity contribution is 6.00. The summed E-state index contributed by atoms with van der Waals surface area (Å²) in [6.07, 6.45) is 4.39. The Kier molecular flexibility index (Phi) is 4.00. The first kappa shape index (κ1) is 15.7. The predicted octanol–water partition coefficient (Wildman–Crippen LogP) is 1.90. The average molecular weight is 324 g/mol. The lowest BCUT2D eigenvalue weighted by atomic mass is 10.0. The van der Waals surface area contributed by atoms with E-state index in [4.69, 9.17) is 6.57 Å². The fourth-order valence-corrected chi connectivity index (χ4v) is 2.50. The summed E-state index contributed by atoms with van der Waals surface area (Å²) in [4.78, 5) is 31.3. The van der Waals surface area contributed by atoms with Crippen LogP contribution in [0.3, 0.4) is 0 Å². The van der Waals surface area contributed by atoms with Gasteiger partial charge in [0.1, 0.15) is 5.82 Å². The van der Waals surface area contributed by atoms with Gasteiger partial charge in [0.25, 0.3) is 0 Å². The summed E-state index contributed by atoms with van der Waals surface area (Å²) in [6, 6.07) is 1.32. The summed E-state index contributed by atoms with van der Waals surface area (Å²) < 4.78 is 1.16. The van der Waals surface area contributed by atoms with Gasteiger partial charge in [-0.2, -0.15) is 9.78 Å². The molecule has 3 rings (SSSR count). The molecule has 2 aromatic rings. The molecule has 0 aromatic carbocycles. The van der Waals surface area contributed by atoms with E-state index in [1.807, 2.05) is 13.8 Å². The third kappa shape index (κ3) is 2.84. The van der Waals surface area contributed by atoms with Crippen LogP contribution in [0.15, 0.2) is 24.7 Å². The Morgan fingerprint density at radius 1 is 1.50 bits per heavy atom. The van der Waals surface area contributed by atoms with Crippen LogP contribution in [0.5, 0.6) is 0 Å². The number of amides is 2. The summed E-state index contributed by atoms with van der Waals surface area (Å²) in [7, 11) is 0. The van der Waals surface area contributed by atoms with Crippen molar-refractivity contribution in [3.05, 3.63) is 41.6 Å². The van der Waals surface area contributed by atoms with Crippen LogP contribution in [0, 0.1) is 12.5 Å². The number of anilines is 1. The highest BCUT2D eigenvalue weighted by Gasteiger charge is 2.24. The molecule has 0 fully saturated rings. The summed E-state index contributed by atoms with van der Waals surface area (Å²) in [6.45, 7) is 10.8. The average Bonchev–Trinajstić information content (AvgIpc) is 3.17. The zero-order valence-electron chi connectivity index (χ0n) is 13.3. The van der Waals surface area contributed by atoms with Crippen molar-refractivity contribution in [1.82, 2.24) is 20.1 Å². The Balaban J connectivity index is 1.85. The summed E-state index contributed by atoms with van der Waals surface area (Å²) in [5.41, 5.74) is 2.32. The van der Waals surface area contributed by atoms with Gasteiger partial charge in [0, 0.05) is 29.4 Å². The van der Waals surface area contributed by atoms with Gasteiger partial charge in [-0.1, -0.05) is 13.8 Å². The molecule has 0 bridgehead atoms. The first-order valence-electron chi connectivity index (χ1n) is 7.50. The maximum atomic E-state index is 12.2. The molecule has 8 nitrogen and oxygen atoms in total. The number of carbonyl (C=O) groups excluding carboxylic acids is 2. The number of pyridine rings is 1. The third-order valence-electron chi connectivity index (χ3n) is 3.79. The number of aromatic nitrogens is 3. The van der Waals surface area contributed by atoms with E-state index < -0.39 is 12.2 Å². The molecule has 2 N–H and O–H groups in total. The monoisotopic (exact) mass is 324 g/mol. The van der Waals surface area contributed by atoms with E-state index in [1.54, 1.807) is 24.7 Å². The summed E-state index contributed by atoms with van der Waals surface area (Å²) in [5.74, 6) is 0.441. The smallest absolute Gasteiger partial charge is 0.310 e. The van der Waals surface area contributed by atoms with Gasteiger partial charge in [-0.25, -0.2) is 16.4 Å². The van der Waals surface area contributed by atoms with Crippen LogP contribution in [-0.4, -0.2) is 32.9 Å². The maximum Gasteiger partial charge on any atom is 0.347 e. The van der Waals surface area contributed by atoms with Crippen LogP contribution in [0.2, 0.25) is 0 Å². The first-order valence-corrected chi connectivity index (χ1v) is 7.50. The summed E-state index contributed by atoms with van der Waals surface area (Å²) >= 11 is 0. The molecule has 0 saturated heterocycles. The second kappa shape index (κ2) is 6.12. The number of nitrogens with one attached hydrogen (secondary N) is 2. The van der Waals surface area contributed by atoms with Gasteiger partial charge in [0.2, 0.25) is 5.91 Å². The molecular formula is C16H16N6O2. The van der Waals surface area contributed by atoms with Crippen molar-refractivity contribution in [2.75, 3.05) is 5.32 Å². The topological polar surface area (TPSA) is 93.3 Å². The molecule has 1 atom stereocenters. The Morgan fingerprint density at radius 2 is 2.29 bits per heavy atom. The molecule has 0 aliphatic carbocycles. The quantitative estimate of drug-likeness (QED) is 0.843. The van der Waals surface area contributed by atoms with E-state index in [0.717, 1.165) is 15.8 Å². The van der Waals surface area contributed by atoms with Crippen LogP contribution >= 0.6 is 0 Å². The first-order chi connectivity index (χ1) is 11.5. The molecule has 2 aromatic heterocycles. The third-order valence-corrected chi connectivity index (χ3v) is 3.79. The van der Waals surface area contributed by atoms with Gasteiger partial charge >= 0.3 is 12.2 Å². The van der Waals surface area contributed by atoms with Crippen LogP contribution < -0.4 is 10.6 Å². The van der Waals surface area contributed by atoms with E-state index in [2.05, 4.69) is 25.6 Å². The number of rotatable bonds is 3. The Labute approximate surface area is 138 Å². The molecule has 122 valence electrons. The van der Waals surface area contributed by atoms with Gasteiger partial charge in [-0.05, 0) is 11.6 Å². The molecule has 1 aliphatic heterocycles. The zero-order chi connectivity index (χ0) is 17.3. The van der Waals surface area contributed by atoms with E-state index >= 15 is 0 Å². The normalized spacial score (nSPS) is 14.0. The van der Waals surface area contributed by atoms with Crippen molar-refractivity contribution in [1.29, 1.82) is 0 Å². The zero-order valence-corrected chi connectivity index (χ0v) is 13.3. The van der Waals surface area contributed by atoms with E-state index in [-0.39, 0.29) is 18.2 Å². The summed E-state index contributed by atoms with van der Waals surface area (Å²) in [5, 5.41) is 9.39. The molecule has 8 heteroatoms. The Bertz CT molecular complexity index is 848. The molecule has 0 spiro atoms. The molecular weight excluding hydrogens is 308 g/mol.